The van der Waals surface area contributed by atoms with Crippen molar-refractivity contribution in [2.24, 2.45) is 35.0 Å². The van der Waals surface area contributed by atoms with Crippen LogP contribution in [0.4, 0.5) is 0 Å². The van der Waals surface area contributed by atoms with Crippen LogP contribution in [0.2, 0.25) is 0 Å². The molecule has 3 aliphatic carbocycles. The Kier molecular flexibility index (Phi) is 8.22. The molecular weight excluding hydrogens is 360 g/mol. The van der Waals surface area contributed by atoms with Crippen molar-refractivity contribution < 1.29 is 14.3 Å². The molecule has 0 aliphatic heterocycles. The van der Waals surface area contributed by atoms with Gasteiger partial charge in [0.05, 0.1) is 6.61 Å². The zero-order valence-electron chi connectivity index (χ0n) is 19.2. The van der Waals surface area contributed by atoms with Crippen LogP contribution in [0.15, 0.2) is 0 Å². The van der Waals surface area contributed by atoms with Crippen LogP contribution in [0.25, 0.3) is 0 Å². The third kappa shape index (κ3) is 5.44. The maximum atomic E-state index is 12.9. The summed E-state index contributed by atoms with van der Waals surface area (Å²) in [4.78, 5) is 25.3. The van der Waals surface area contributed by atoms with Crippen molar-refractivity contribution in [3.05, 3.63) is 0 Å². The first-order valence-electron chi connectivity index (χ1n) is 12.7. The molecule has 3 aliphatic rings. The van der Waals surface area contributed by atoms with Gasteiger partial charge in [-0.15, -0.1) is 0 Å². The minimum Gasteiger partial charge on any atom is -0.465 e. The van der Waals surface area contributed by atoms with Crippen LogP contribution in [0.1, 0.15) is 111 Å². The van der Waals surface area contributed by atoms with Crippen molar-refractivity contribution in [3.63, 3.8) is 0 Å². The van der Waals surface area contributed by atoms with E-state index in [2.05, 4.69) is 6.92 Å². The lowest BCUT2D eigenvalue weighted by Gasteiger charge is -2.42. The molecule has 3 fully saturated rings. The highest BCUT2D eigenvalue weighted by atomic mass is 16.5. The second-order valence-electron chi connectivity index (χ2n) is 10.6. The minimum atomic E-state index is -0.889. The molecule has 0 unspecified atom stereocenters. The van der Waals surface area contributed by atoms with Crippen molar-refractivity contribution in [2.45, 2.75) is 111 Å². The Balaban J connectivity index is 1.44. The van der Waals surface area contributed by atoms with E-state index in [1.165, 1.54) is 64.2 Å². The van der Waals surface area contributed by atoms with E-state index in [1.54, 1.807) is 0 Å². The molecule has 0 amide bonds. The van der Waals surface area contributed by atoms with Gasteiger partial charge in [-0.3, -0.25) is 9.59 Å². The van der Waals surface area contributed by atoms with E-state index in [0.717, 1.165) is 30.6 Å². The van der Waals surface area contributed by atoms with E-state index >= 15 is 0 Å². The fraction of sp³-hybridized carbons (Fsp3) is 0.923. The average molecular weight is 405 g/mol. The van der Waals surface area contributed by atoms with Gasteiger partial charge in [-0.05, 0) is 94.3 Å². The number of ketones is 1. The monoisotopic (exact) mass is 404 g/mol. The summed E-state index contributed by atoms with van der Waals surface area (Å²) >= 11 is 0. The SMILES string of the molecule is CCCOC(=O)[C@@]1(C)CC[C@@H](C2CCC([C@H]3CC[C@H](CCC)CC3)CC2)CC1=O. The van der Waals surface area contributed by atoms with E-state index in [0.29, 0.717) is 31.3 Å². The Morgan fingerprint density at radius 1 is 0.862 bits per heavy atom. The van der Waals surface area contributed by atoms with Crippen LogP contribution in [0, 0.1) is 35.0 Å². The molecule has 0 radical (unpaired) electrons. The first kappa shape index (κ1) is 22.8. The van der Waals surface area contributed by atoms with Crippen LogP contribution in [-0.4, -0.2) is 18.4 Å². The summed E-state index contributed by atoms with van der Waals surface area (Å²) in [5, 5.41) is 0. The second kappa shape index (κ2) is 10.4. The Labute approximate surface area is 178 Å². The summed E-state index contributed by atoms with van der Waals surface area (Å²) in [6.07, 6.45) is 17.0. The fourth-order valence-electron chi connectivity index (χ4n) is 6.60. The smallest absolute Gasteiger partial charge is 0.319 e. The fourth-order valence-corrected chi connectivity index (χ4v) is 6.60. The summed E-state index contributed by atoms with van der Waals surface area (Å²) in [5.41, 5.74) is -0.889. The van der Waals surface area contributed by atoms with Gasteiger partial charge in [0, 0.05) is 6.42 Å². The molecule has 3 nitrogen and oxygen atoms in total. The van der Waals surface area contributed by atoms with Crippen molar-refractivity contribution in [2.75, 3.05) is 6.61 Å². The predicted octanol–water partition coefficient (Wildman–Crippen LogP) is 6.73. The van der Waals surface area contributed by atoms with E-state index < -0.39 is 5.41 Å². The van der Waals surface area contributed by atoms with E-state index in [9.17, 15) is 9.59 Å². The highest BCUT2D eigenvalue weighted by Gasteiger charge is 2.47. The Morgan fingerprint density at radius 3 is 1.93 bits per heavy atom. The van der Waals surface area contributed by atoms with Crippen LogP contribution in [-0.2, 0) is 14.3 Å². The quantitative estimate of drug-likeness (QED) is 0.349. The highest BCUT2D eigenvalue weighted by molar-refractivity contribution is 6.03. The lowest BCUT2D eigenvalue weighted by atomic mass is 9.62. The largest absolute Gasteiger partial charge is 0.465 e. The Hall–Kier alpha value is -0.860. The number of hydrogen-bond acceptors (Lipinski definition) is 3. The molecule has 2 atom stereocenters. The van der Waals surface area contributed by atoms with Gasteiger partial charge >= 0.3 is 5.97 Å². The van der Waals surface area contributed by atoms with Gasteiger partial charge in [-0.25, -0.2) is 0 Å². The molecule has 0 aromatic carbocycles. The summed E-state index contributed by atoms with van der Waals surface area (Å²) in [7, 11) is 0. The lowest BCUT2D eigenvalue weighted by Crippen LogP contribution is -2.44. The predicted molar refractivity (Wildman–Crippen MR) is 118 cm³/mol. The van der Waals surface area contributed by atoms with E-state index in [1.807, 2.05) is 13.8 Å². The highest BCUT2D eigenvalue weighted by Crippen LogP contribution is 2.47. The van der Waals surface area contributed by atoms with Crippen molar-refractivity contribution in [1.29, 1.82) is 0 Å². The third-order valence-electron chi connectivity index (χ3n) is 8.70. The maximum Gasteiger partial charge on any atom is 0.319 e. The lowest BCUT2D eigenvalue weighted by molar-refractivity contribution is -0.162. The molecular formula is C26H44O3. The summed E-state index contributed by atoms with van der Waals surface area (Å²) in [6, 6.07) is 0. The molecule has 0 heterocycles. The minimum absolute atomic E-state index is 0.131. The molecule has 29 heavy (non-hydrogen) atoms. The van der Waals surface area contributed by atoms with Crippen LogP contribution < -0.4 is 0 Å². The summed E-state index contributed by atoms with van der Waals surface area (Å²) in [6.45, 7) is 6.55. The zero-order valence-corrected chi connectivity index (χ0v) is 19.2. The molecule has 3 saturated carbocycles. The van der Waals surface area contributed by atoms with Crippen molar-refractivity contribution in [3.8, 4) is 0 Å². The molecule has 0 spiro atoms. The van der Waals surface area contributed by atoms with Gasteiger partial charge in [-0.1, -0.05) is 39.5 Å². The normalized spacial score (nSPS) is 38.6. The molecule has 0 saturated heterocycles. The molecule has 166 valence electrons. The molecule has 3 heteroatoms. The van der Waals surface area contributed by atoms with Gasteiger partial charge < -0.3 is 4.74 Å². The van der Waals surface area contributed by atoms with E-state index in [4.69, 9.17) is 4.74 Å². The van der Waals surface area contributed by atoms with Crippen molar-refractivity contribution >= 4 is 11.8 Å². The topological polar surface area (TPSA) is 43.4 Å². The number of rotatable bonds is 7. The van der Waals surface area contributed by atoms with Crippen LogP contribution in [0.5, 0.6) is 0 Å². The first-order chi connectivity index (χ1) is 14.0. The number of esters is 1. The first-order valence-corrected chi connectivity index (χ1v) is 12.7. The summed E-state index contributed by atoms with van der Waals surface area (Å²) < 4.78 is 5.33. The van der Waals surface area contributed by atoms with Crippen LogP contribution in [0.3, 0.4) is 0 Å². The molecule has 0 N–H and O–H groups in total. The molecule has 0 aromatic rings. The van der Waals surface area contributed by atoms with Crippen molar-refractivity contribution in [1.82, 2.24) is 0 Å². The number of Topliss-reactive ketones (excluding diaryl/α,β-unsaturated/α-hetero) is 1. The van der Waals surface area contributed by atoms with Crippen LogP contribution >= 0.6 is 0 Å². The van der Waals surface area contributed by atoms with Gasteiger partial charge in [0.15, 0.2) is 0 Å². The number of hydrogen-bond donors (Lipinski definition) is 0. The Bertz CT molecular complexity index is 540. The van der Waals surface area contributed by atoms with E-state index in [-0.39, 0.29) is 11.8 Å². The van der Waals surface area contributed by atoms with Gasteiger partial charge in [0.2, 0.25) is 0 Å². The molecule has 0 aromatic heterocycles. The second-order valence-corrected chi connectivity index (χ2v) is 10.6. The number of carbonyl (C=O) groups is 2. The third-order valence-corrected chi connectivity index (χ3v) is 8.70. The molecule has 0 bridgehead atoms. The van der Waals surface area contributed by atoms with Gasteiger partial charge in [-0.2, -0.15) is 0 Å². The number of ether oxygens (including phenoxy) is 1. The summed E-state index contributed by atoms with van der Waals surface area (Å²) in [5.74, 6) is 3.94. The number of carbonyl (C=O) groups excluding carboxylic acids is 2. The molecule has 3 rings (SSSR count). The van der Waals surface area contributed by atoms with Gasteiger partial charge in [0.1, 0.15) is 11.2 Å². The van der Waals surface area contributed by atoms with Gasteiger partial charge in [0.25, 0.3) is 0 Å². The average Bonchev–Trinajstić information content (AvgIpc) is 2.75. The zero-order chi connectivity index (χ0) is 20.9. The maximum absolute atomic E-state index is 12.9. The standard InChI is InChI=1S/C26H44O3/c1-4-6-19-7-9-20(10-8-19)21-11-13-22(14-12-21)23-15-16-26(3,24(27)18-23)25(28)29-17-5-2/h19-23H,4-18H2,1-3H3/t19-,20-,21?,22?,23-,26+/m1/s1. The Morgan fingerprint density at radius 2 is 1.41 bits per heavy atom.